The van der Waals surface area contributed by atoms with E-state index in [4.69, 9.17) is 5.73 Å². The minimum atomic E-state index is -4.55. The molecule has 0 spiro atoms. The molecule has 0 amide bonds. The van der Waals surface area contributed by atoms with E-state index < -0.39 is 11.7 Å². The summed E-state index contributed by atoms with van der Waals surface area (Å²) >= 11 is 0. The summed E-state index contributed by atoms with van der Waals surface area (Å²) in [6.45, 7) is 0. The molecule has 20 heavy (non-hydrogen) atoms. The predicted octanol–water partition coefficient (Wildman–Crippen LogP) is 3.02. The minimum absolute atomic E-state index is 0.203. The SMILES string of the molecule is Nc1ncc(C(F)(F)F)c(-n2ccc3ccccc32)n1. The first-order valence-electron chi connectivity index (χ1n) is 5.73. The molecule has 7 heteroatoms. The summed E-state index contributed by atoms with van der Waals surface area (Å²) in [6.07, 6.45) is -2.32. The molecule has 0 fully saturated rings. The van der Waals surface area contributed by atoms with E-state index in [1.165, 1.54) is 10.8 Å². The van der Waals surface area contributed by atoms with Gasteiger partial charge in [-0.25, -0.2) is 4.98 Å². The first-order valence-corrected chi connectivity index (χ1v) is 5.73. The smallest absolute Gasteiger partial charge is 0.368 e. The fourth-order valence-electron chi connectivity index (χ4n) is 2.04. The van der Waals surface area contributed by atoms with Gasteiger partial charge in [-0.2, -0.15) is 18.2 Å². The largest absolute Gasteiger partial charge is 0.421 e. The van der Waals surface area contributed by atoms with Crippen LogP contribution in [0.25, 0.3) is 16.7 Å². The van der Waals surface area contributed by atoms with Crippen LogP contribution in [0.1, 0.15) is 5.56 Å². The van der Waals surface area contributed by atoms with Gasteiger partial charge < -0.3 is 10.3 Å². The van der Waals surface area contributed by atoms with Crippen molar-refractivity contribution in [1.82, 2.24) is 14.5 Å². The monoisotopic (exact) mass is 278 g/mol. The van der Waals surface area contributed by atoms with E-state index in [1.54, 1.807) is 18.2 Å². The van der Waals surface area contributed by atoms with Crippen LogP contribution < -0.4 is 5.73 Å². The number of hydrogen-bond donors (Lipinski definition) is 1. The van der Waals surface area contributed by atoms with Crippen molar-refractivity contribution in [3.63, 3.8) is 0 Å². The van der Waals surface area contributed by atoms with Crippen LogP contribution in [0.2, 0.25) is 0 Å². The molecule has 3 rings (SSSR count). The van der Waals surface area contributed by atoms with Crippen molar-refractivity contribution in [3.8, 4) is 5.82 Å². The maximum atomic E-state index is 13.0. The second-order valence-corrected chi connectivity index (χ2v) is 4.21. The highest BCUT2D eigenvalue weighted by Crippen LogP contribution is 2.34. The average molecular weight is 278 g/mol. The van der Waals surface area contributed by atoms with Crippen LogP contribution in [-0.2, 0) is 6.18 Å². The second kappa shape index (κ2) is 4.22. The van der Waals surface area contributed by atoms with E-state index >= 15 is 0 Å². The number of aromatic nitrogens is 3. The Balaban J connectivity index is 2.31. The Morgan fingerprint density at radius 1 is 1.10 bits per heavy atom. The molecule has 2 heterocycles. The van der Waals surface area contributed by atoms with Gasteiger partial charge in [0, 0.05) is 12.4 Å². The molecular weight excluding hydrogens is 269 g/mol. The Bertz CT molecular complexity index is 777. The molecule has 0 unspecified atom stereocenters. The Labute approximate surface area is 111 Å². The van der Waals surface area contributed by atoms with Gasteiger partial charge in [0.2, 0.25) is 5.95 Å². The molecule has 2 aromatic heterocycles. The Morgan fingerprint density at radius 2 is 1.85 bits per heavy atom. The van der Waals surface area contributed by atoms with Crippen molar-refractivity contribution in [2.75, 3.05) is 5.73 Å². The van der Waals surface area contributed by atoms with Crippen molar-refractivity contribution >= 4 is 16.9 Å². The molecule has 1 aromatic carbocycles. The topological polar surface area (TPSA) is 56.7 Å². The van der Waals surface area contributed by atoms with E-state index in [1.807, 2.05) is 12.1 Å². The van der Waals surface area contributed by atoms with Crippen LogP contribution in [0.5, 0.6) is 0 Å². The number of fused-ring (bicyclic) bond motifs is 1. The van der Waals surface area contributed by atoms with Gasteiger partial charge in [0.05, 0.1) is 5.52 Å². The first kappa shape index (κ1) is 12.5. The lowest BCUT2D eigenvalue weighted by atomic mass is 10.2. The number of para-hydroxylation sites is 1. The van der Waals surface area contributed by atoms with Gasteiger partial charge in [0.15, 0.2) is 5.82 Å². The van der Waals surface area contributed by atoms with E-state index in [2.05, 4.69) is 9.97 Å². The first-order chi connectivity index (χ1) is 9.47. The third-order valence-corrected chi connectivity index (χ3v) is 2.92. The third kappa shape index (κ3) is 1.97. The minimum Gasteiger partial charge on any atom is -0.368 e. The van der Waals surface area contributed by atoms with Gasteiger partial charge in [0.1, 0.15) is 5.56 Å². The maximum absolute atomic E-state index is 13.0. The fourth-order valence-corrected chi connectivity index (χ4v) is 2.04. The molecule has 3 aromatic rings. The van der Waals surface area contributed by atoms with Crippen LogP contribution in [0, 0.1) is 0 Å². The second-order valence-electron chi connectivity index (χ2n) is 4.21. The van der Waals surface area contributed by atoms with Crippen LogP contribution >= 0.6 is 0 Å². The Kier molecular flexibility index (Phi) is 2.63. The van der Waals surface area contributed by atoms with Gasteiger partial charge in [-0.1, -0.05) is 18.2 Å². The lowest BCUT2D eigenvalue weighted by Gasteiger charge is -2.13. The molecule has 2 N–H and O–H groups in total. The number of nitrogens with two attached hydrogens (primary N) is 1. The lowest BCUT2D eigenvalue weighted by Crippen LogP contribution is -2.14. The molecule has 0 atom stereocenters. The quantitative estimate of drug-likeness (QED) is 0.744. The molecule has 102 valence electrons. The number of anilines is 1. The lowest BCUT2D eigenvalue weighted by molar-refractivity contribution is -0.137. The fraction of sp³-hybridized carbons (Fsp3) is 0.0769. The number of nitrogen functional groups attached to an aromatic ring is 1. The summed E-state index contributed by atoms with van der Waals surface area (Å²) < 4.78 is 40.5. The summed E-state index contributed by atoms with van der Waals surface area (Å²) in [4.78, 5) is 7.17. The third-order valence-electron chi connectivity index (χ3n) is 2.92. The van der Waals surface area contributed by atoms with Crippen molar-refractivity contribution in [2.45, 2.75) is 6.18 Å². The van der Waals surface area contributed by atoms with Crippen molar-refractivity contribution in [1.29, 1.82) is 0 Å². The zero-order valence-electron chi connectivity index (χ0n) is 10.1. The average Bonchev–Trinajstić information content (AvgIpc) is 2.80. The van der Waals surface area contributed by atoms with Crippen LogP contribution in [0.3, 0.4) is 0 Å². The highest BCUT2D eigenvalue weighted by Gasteiger charge is 2.35. The van der Waals surface area contributed by atoms with Crippen LogP contribution in [0.15, 0.2) is 42.7 Å². The highest BCUT2D eigenvalue weighted by molar-refractivity contribution is 5.81. The number of nitrogens with zero attached hydrogens (tertiary/aromatic N) is 3. The van der Waals surface area contributed by atoms with Gasteiger partial charge in [0.25, 0.3) is 0 Å². The van der Waals surface area contributed by atoms with Crippen LogP contribution in [0.4, 0.5) is 19.1 Å². The van der Waals surface area contributed by atoms with E-state index in [9.17, 15) is 13.2 Å². The molecule has 0 aliphatic carbocycles. The summed E-state index contributed by atoms with van der Waals surface area (Å²) in [7, 11) is 0. The molecule has 0 aliphatic rings. The molecule has 0 saturated carbocycles. The summed E-state index contributed by atoms with van der Waals surface area (Å²) in [5.74, 6) is -0.475. The predicted molar refractivity (Wildman–Crippen MR) is 68.3 cm³/mol. The normalized spacial score (nSPS) is 11.9. The summed E-state index contributed by atoms with van der Waals surface area (Å²) in [5.41, 5.74) is 5.12. The van der Waals surface area contributed by atoms with Crippen LogP contribution in [-0.4, -0.2) is 14.5 Å². The zero-order valence-corrected chi connectivity index (χ0v) is 10.1. The number of hydrogen-bond acceptors (Lipinski definition) is 3. The number of rotatable bonds is 1. The van der Waals surface area contributed by atoms with Crippen molar-refractivity contribution in [2.24, 2.45) is 0 Å². The number of alkyl halides is 3. The van der Waals surface area contributed by atoms with E-state index in [-0.39, 0.29) is 11.8 Å². The summed E-state index contributed by atoms with van der Waals surface area (Å²) in [6, 6.07) is 8.80. The number of benzene rings is 1. The zero-order chi connectivity index (χ0) is 14.3. The molecule has 4 nitrogen and oxygen atoms in total. The molecule has 0 aliphatic heterocycles. The van der Waals surface area contributed by atoms with Gasteiger partial charge in [-0.05, 0) is 17.5 Å². The van der Waals surface area contributed by atoms with Crippen molar-refractivity contribution in [3.05, 3.63) is 48.3 Å². The Hall–Kier alpha value is -2.57. The van der Waals surface area contributed by atoms with Gasteiger partial charge >= 0.3 is 6.18 Å². The summed E-state index contributed by atoms with van der Waals surface area (Å²) in [5, 5.41) is 0.817. The highest BCUT2D eigenvalue weighted by atomic mass is 19.4. The van der Waals surface area contributed by atoms with E-state index in [0.717, 1.165) is 5.39 Å². The molecular formula is C13H9F3N4. The number of halogens is 3. The standard InChI is InChI=1S/C13H9F3N4/c14-13(15,16)9-7-18-12(17)19-11(9)20-6-5-8-3-1-2-4-10(8)20/h1-7H,(H2,17,18,19). The molecule has 0 radical (unpaired) electrons. The Morgan fingerprint density at radius 3 is 2.60 bits per heavy atom. The van der Waals surface area contributed by atoms with Crippen molar-refractivity contribution < 1.29 is 13.2 Å². The van der Waals surface area contributed by atoms with Gasteiger partial charge in [-0.15, -0.1) is 0 Å². The maximum Gasteiger partial charge on any atom is 0.421 e. The van der Waals surface area contributed by atoms with E-state index in [0.29, 0.717) is 11.7 Å². The molecule has 0 bridgehead atoms. The van der Waals surface area contributed by atoms with Gasteiger partial charge in [-0.3, -0.25) is 0 Å². The molecule has 0 saturated heterocycles.